The number of hydrogen-bond donors (Lipinski definition) is 0. The topological polar surface area (TPSA) is 17.1 Å². The molecule has 1 nitrogen and oxygen atoms in total. The van der Waals surface area contributed by atoms with E-state index in [9.17, 15) is 0 Å². The van der Waals surface area contributed by atoms with Crippen LogP contribution in [-0.4, -0.2) is 6.41 Å². The lowest BCUT2D eigenvalue weighted by molar-refractivity contribution is 0.605. The van der Waals surface area contributed by atoms with Gasteiger partial charge < -0.3 is 0 Å². The summed E-state index contributed by atoms with van der Waals surface area (Å²) < 4.78 is 9.08. The average molecular weight is 93.2 g/mol. The van der Waals surface area contributed by atoms with Crippen molar-refractivity contribution in [1.82, 2.24) is 0 Å². The predicted molar refractivity (Wildman–Crippen MR) is 19.2 cm³/mol. The molecule has 21 valence electrons. The van der Waals surface area contributed by atoms with Crippen molar-refractivity contribution in [2.24, 2.45) is 0 Å². The molecule has 0 aromatic heterocycles. The molecule has 0 saturated heterocycles. The van der Waals surface area contributed by atoms with Crippen LogP contribution in [0.1, 0.15) is 0 Å². The molecular formula is BClOP. The lowest BCUT2D eigenvalue weighted by Crippen LogP contribution is -1.40. The number of halogens is 1. The first-order chi connectivity index (χ1) is 1.91. The summed E-state index contributed by atoms with van der Waals surface area (Å²) in [6, 6.07) is 0. The minimum atomic E-state index is -0.111. The lowest BCUT2D eigenvalue weighted by Gasteiger charge is -1.40. The molecule has 0 heterocycles. The predicted octanol–water partition coefficient (Wildman–Crippen LogP) is 1.05. The quantitative estimate of drug-likeness (QED) is 0.350. The molecule has 4 heteroatoms. The van der Waals surface area contributed by atoms with Gasteiger partial charge in [0, 0.05) is 0 Å². The molecule has 0 aliphatic rings. The largest absolute Gasteiger partial charge is 0.361 e. The molecule has 0 atom stereocenters. The molecule has 1 radical (unpaired) electrons. The van der Waals surface area contributed by atoms with Gasteiger partial charge >= 0.3 is 6.41 Å². The van der Waals surface area contributed by atoms with Crippen LogP contribution in [0, 0.1) is 0 Å². The molecule has 4 heavy (non-hydrogen) atoms. The van der Waals surface area contributed by atoms with Crippen LogP contribution < -0.4 is 0 Å². The summed E-state index contributed by atoms with van der Waals surface area (Å²) in [4.78, 5) is 0. The Balaban J connectivity index is 2.30. The normalized spacial score (nSPS) is 7.25. The molecule has 0 bridgehead atoms. The summed E-state index contributed by atoms with van der Waals surface area (Å²) in [5, 5.41) is 0. The molecule has 0 spiro atoms. The third-order valence-electron chi connectivity index (χ3n) is 0.0398. The van der Waals surface area contributed by atoms with Crippen molar-refractivity contribution in [3.8, 4) is 0 Å². The Morgan fingerprint density at radius 1 is 2.00 bits per heavy atom. The molecule has 0 aromatic carbocycles. The van der Waals surface area contributed by atoms with Crippen molar-refractivity contribution in [3.63, 3.8) is 0 Å². The Kier molecular flexibility index (Phi) is 3.85. The molecule has 0 aromatic rings. The van der Waals surface area contributed by atoms with Crippen molar-refractivity contribution < 1.29 is 4.57 Å². The van der Waals surface area contributed by atoms with E-state index >= 15 is 0 Å². The summed E-state index contributed by atoms with van der Waals surface area (Å²) >= 11 is 4.74. The molecule has 0 saturated carbocycles. The second-order valence-electron chi connectivity index (χ2n) is 0.203. The maximum absolute atomic E-state index is 9.08. The van der Waals surface area contributed by atoms with Crippen LogP contribution in [0.15, 0.2) is 0 Å². The zero-order chi connectivity index (χ0) is 3.41. The first-order valence-electron chi connectivity index (χ1n) is 0.659. The summed E-state index contributed by atoms with van der Waals surface area (Å²) in [5.41, 5.74) is 0. The SMILES string of the molecule is O=P[B]Cl. The van der Waals surface area contributed by atoms with Crippen LogP contribution >= 0.6 is 19.8 Å². The monoisotopic (exact) mass is 92.9 g/mol. The van der Waals surface area contributed by atoms with E-state index in [2.05, 4.69) is 0 Å². The van der Waals surface area contributed by atoms with Crippen molar-refractivity contribution in [2.75, 3.05) is 0 Å². The summed E-state index contributed by atoms with van der Waals surface area (Å²) in [6.07, 6.45) is 1.01. The fraction of sp³-hybridized carbons (Fsp3) is 0. The Hall–Kier alpha value is 0.455. The third-order valence-corrected chi connectivity index (χ3v) is 0.359. The summed E-state index contributed by atoms with van der Waals surface area (Å²) in [6.45, 7) is 0. The second-order valence-corrected chi connectivity index (χ2v) is 1.19. The van der Waals surface area contributed by atoms with Crippen LogP contribution in [0.4, 0.5) is 0 Å². The standard InChI is InChI=1S/BClOP/c2-1-4-3. The molecule has 0 aliphatic carbocycles. The Labute approximate surface area is 31.7 Å². The fourth-order valence-corrected chi connectivity index (χ4v) is 0. The van der Waals surface area contributed by atoms with Gasteiger partial charge in [0.15, 0.2) is 0 Å². The number of hydrogen-bond acceptors (Lipinski definition) is 1. The van der Waals surface area contributed by atoms with E-state index < -0.39 is 0 Å². The van der Waals surface area contributed by atoms with Crippen LogP contribution in [0.5, 0.6) is 0 Å². The molecule has 0 fully saturated rings. The smallest absolute Gasteiger partial charge is 0.287 e. The van der Waals surface area contributed by atoms with E-state index in [1.54, 1.807) is 0 Å². The minimum absolute atomic E-state index is 0.111. The number of rotatable bonds is 1. The van der Waals surface area contributed by atoms with Gasteiger partial charge in [-0.15, -0.1) is 0 Å². The van der Waals surface area contributed by atoms with Gasteiger partial charge in [-0.2, -0.15) is 11.5 Å². The highest BCUT2D eigenvalue weighted by atomic mass is 35.5. The zero-order valence-electron chi connectivity index (χ0n) is 1.81. The van der Waals surface area contributed by atoms with Crippen molar-refractivity contribution in [3.05, 3.63) is 0 Å². The van der Waals surface area contributed by atoms with Gasteiger partial charge in [0.05, 0.1) is 0 Å². The van der Waals surface area contributed by atoms with Gasteiger partial charge in [-0.1, -0.05) is 0 Å². The highest BCUT2D eigenvalue weighted by Gasteiger charge is 1.67. The highest BCUT2D eigenvalue weighted by Crippen LogP contribution is 1.85. The van der Waals surface area contributed by atoms with Gasteiger partial charge in [0.1, 0.15) is 8.34 Å². The molecular weight excluding hydrogens is 93.2 g/mol. The fourth-order valence-electron chi connectivity index (χ4n) is 0. The van der Waals surface area contributed by atoms with Crippen LogP contribution in [0.3, 0.4) is 0 Å². The van der Waals surface area contributed by atoms with E-state index in [1.807, 2.05) is 0 Å². The highest BCUT2D eigenvalue weighted by molar-refractivity contribution is 7.70. The van der Waals surface area contributed by atoms with Crippen LogP contribution in [-0.2, 0) is 4.57 Å². The van der Waals surface area contributed by atoms with E-state index in [0.717, 1.165) is 6.41 Å². The summed E-state index contributed by atoms with van der Waals surface area (Å²) in [5.74, 6) is 0. The van der Waals surface area contributed by atoms with E-state index in [1.165, 1.54) is 0 Å². The zero-order valence-corrected chi connectivity index (χ0v) is 3.46. The van der Waals surface area contributed by atoms with Crippen molar-refractivity contribution in [1.29, 1.82) is 0 Å². The second kappa shape index (κ2) is 3.45. The van der Waals surface area contributed by atoms with Gasteiger partial charge in [0.2, 0.25) is 0 Å². The van der Waals surface area contributed by atoms with E-state index in [-0.39, 0.29) is 8.34 Å². The first kappa shape index (κ1) is 4.45. The van der Waals surface area contributed by atoms with Gasteiger partial charge in [0.25, 0.3) is 0 Å². The maximum Gasteiger partial charge on any atom is 0.361 e. The molecule has 0 N–H and O–H groups in total. The Morgan fingerprint density at radius 3 is 2.25 bits per heavy atom. The maximum atomic E-state index is 9.08. The lowest BCUT2D eigenvalue weighted by atomic mass is 10.7. The Bertz CT molecular complexity index is 22.0. The molecule has 0 rings (SSSR count). The first-order valence-corrected chi connectivity index (χ1v) is 1.98. The van der Waals surface area contributed by atoms with Crippen molar-refractivity contribution in [2.45, 2.75) is 0 Å². The van der Waals surface area contributed by atoms with Gasteiger partial charge in [-0.25, -0.2) is 0 Å². The van der Waals surface area contributed by atoms with Gasteiger partial charge in [-0.3, -0.25) is 4.57 Å². The average Bonchev–Trinajstić information content (AvgIpc) is 1.37. The van der Waals surface area contributed by atoms with Crippen molar-refractivity contribution >= 4 is 26.2 Å². The minimum Gasteiger partial charge on any atom is -0.287 e. The molecule has 0 unspecified atom stereocenters. The van der Waals surface area contributed by atoms with Crippen LogP contribution in [0.2, 0.25) is 0 Å². The van der Waals surface area contributed by atoms with E-state index in [0.29, 0.717) is 0 Å². The Morgan fingerprint density at radius 2 is 2.25 bits per heavy atom. The molecule has 0 aliphatic heterocycles. The molecule has 0 amide bonds. The van der Waals surface area contributed by atoms with Gasteiger partial charge in [-0.05, 0) is 0 Å². The van der Waals surface area contributed by atoms with Crippen LogP contribution in [0.25, 0.3) is 0 Å². The van der Waals surface area contributed by atoms with E-state index in [4.69, 9.17) is 16.0 Å². The summed E-state index contributed by atoms with van der Waals surface area (Å²) in [7, 11) is -0.111. The third kappa shape index (κ3) is 2.45.